The van der Waals surface area contributed by atoms with Crippen LogP contribution in [0.4, 0.5) is 13.2 Å². The van der Waals surface area contributed by atoms with Crippen LogP contribution in [-0.2, 0) is 0 Å². The minimum atomic E-state index is -4.39. The average Bonchev–Trinajstić information content (AvgIpc) is 3.18. The molecule has 1 aromatic carbocycles. The molecule has 1 aliphatic carbocycles. The standard InChI is InChI=1S/C13H14F3NO2/c1-17-12(18)9-4-5-10(8-2-3-8)11(6-9)19-7-13(14,15)16/h4-6,8H,2-3,7H2,1H3,(H,17,18). The molecule has 19 heavy (non-hydrogen) atoms. The Bertz CT molecular complexity index is 481. The highest BCUT2D eigenvalue weighted by atomic mass is 19.4. The van der Waals surface area contributed by atoms with E-state index in [9.17, 15) is 18.0 Å². The molecule has 1 fully saturated rings. The predicted octanol–water partition coefficient (Wildman–Crippen LogP) is 2.86. The molecule has 104 valence electrons. The second-order valence-corrected chi connectivity index (χ2v) is 4.51. The van der Waals surface area contributed by atoms with Gasteiger partial charge in [-0.25, -0.2) is 0 Å². The summed E-state index contributed by atoms with van der Waals surface area (Å²) in [6.45, 7) is -1.34. The quantitative estimate of drug-likeness (QED) is 0.916. The van der Waals surface area contributed by atoms with Crippen molar-refractivity contribution in [2.75, 3.05) is 13.7 Å². The fourth-order valence-corrected chi connectivity index (χ4v) is 1.84. The number of hydrogen-bond donors (Lipinski definition) is 1. The van der Waals surface area contributed by atoms with Crippen LogP contribution in [0.25, 0.3) is 0 Å². The Labute approximate surface area is 108 Å². The van der Waals surface area contributed by atoms with Gasteiger partial charge in [-0.1, -0.05) is 6.07 Å². The van der Waals surface area contributed by atoms with E-state index in [1.807, 2.05) is 0 Å². The molecule has 0 unspecified atom stereocenters. The van der Waals surface area contributed by atoms with Crippen LogP contribution in [0.2, 0.25) is 0 Å². The Kier molecular flexibility index (Phi) is 3.68. The molecule has 2 rings (SSSR count). The Morgan fingerprint density at radius 2 is 2.11 bits per heavy atom. The summed E-state index contributed by atoms with van der Waals surface area (Å²) in [5, 5.41) is 2.43. The summed E-state index contributed by atoms with van der Waals surface area (Å²) in [5.41, 5.74) is 1.04. The van der Waals surface area contributed by atoms with Crippen LogP contribution in [0.5, 0.6) is 5.75 Å². The number of carbonyl (C=O) groups excluding carboxylic acids is 1. The highest BCUT2D eigenvalue weighted by Crippen LogP contribution is 2.44. The summed E-state index contributed by atoms with van der Waals surface area (Å²) in [6.07, 6.45) is -2.49. The van der Waals surface area contributed by atoms with Crippen molar-refractivity contribution < 1.29 is 22.7 Å². The molecule has 0 saturated heterocycles. The molecule has 1 aliphatic rings. The lowest BCUT2D eigenvalue weighted by Gasteiger charge is -2.14. The Morgan fingerprint density at radius 1 is 1.42 bits per heavy atom. The summed E-state index contributed by atoms with van der Waals surface area (Å²) < 4.78 is 41.5. The van der Waals surface area contributed by atoms with Crippen molar-refractivity contribution in [3.63, 3.8) is 0 Å². The van der Waals surface area contributed by atoms with Crippen molar-refractivity contribution in [1.29, 1.82) is 0 Å². The van der Waals surface area contributed by atoms with Gasteiger partial charge in [-0.15, -0.1) is 0 Å². The van der Waals surface area contributed by atoms with Gasteiger partial charge in [0.05, 0.1) is 0 Å². The zero-order valence-electron chi connectivity index (χ0n) is 10.4. The van der Waals surface area contributed by atoms with Crippen molar-refractivity contribution in [3.05, 3.63) is 29.3 Å². The first kappa shape index (κ1) is 13.7. The van der Waals surface area contributed by atoms with E-state index >= 15 is 0 Å². The number of halogens is 3. The van der Waals surface area contributed by atoms with Crippen LogP contribution < -0.4 is 10.1 Å². The van der Waals surface area contributed by atoms with E-state index in [1.54, 1.807) is 12.1 Å². The maximum absolute atomic E-state index is 12.2. The van der Waals surface area contributed by atoms with E-state index < -0.39 is 12.8 Å². The molecule has 1 N–H and O–H groups in total. The fraction of sp³-hybridized carbons (Fsp3) is 0.462. The second kappa shape index (κ2) is 5.11. The van der Waals surface area contributed by atoms with Crippen LogP contribution in [0.3, 0.4) is 0 Å². The summed E-state index contributed by atoms with van der Waals surface area (Å²) in [4.78, 5) is 11.5. The van der Waals surface area contributed by atoms with Gasteiger partial charge in [-0.05, 0) is 36.5 Å². The Balaban J connectivity index is 2.23. The fourth-order valence-electron chi connectivity index (χ4n) is 1.84. The van der Waals surface area contributed by atoms with Gasteiger partial charge in [0.15, 0.2) is 6.61 Å². The third kappa shape index (κ3) is 3.62. The molecule has 0 radical (unpaired) electrons. The number of hydrogen-bond acceptors (Lipinski definition) is 2. The molecule has 1 amide bonds. The van der Waals surface area contributed by atoms with Crippen LogP contribution in [0.1, 0.15) is 34.7 Å². The van der Waals surface area contributed by atoms with Crippen molar-refractivity contribution in [2.45, 2.75) is 24.9 Å². The molecule has 1 saturated carbocycles. The summed E-state index contributed by atoms with van der Waals surface area (Å²) >= 11 is 0. The van der Waals surface area contributed by atoms with E-state index in [2.05, 4.69) is 5.32 Å². The Hall–Kier alpha value is -1.72. The molecule has 0 bridgehead atoms. The Morgan fingerprint density at radius 3 is 2.63 bits per heavy atom. The number of amides is 1. The summed E-state index contributed by atoms with van der Waals surface area (Å²) in [6, 6.07) is 4.65. The van der Waals surface area contributed by atoms with Crippen molar-refractivity contribution >= 4 is 5.91 Å². The van der Waals surface area contributed by atoms with Gasteiger partial charge < -0.3 is 10.1 Å². The van der Waals surface area contributed by atoms with E-state index in [0.717, 1.165) is 18.4 Å². The lowest BCUT2D eigenvalue weighted by Crippen LogP contribution is -2.21. The van der Waals surface area contributed by atoms with Crippen LogP contribution in [0.15, 0.2) is 18.2 Å². The smallest absolute Gasteiger partial charge is 0.422 e. The molecule has 0 aliphatic heterocycles. The van der Waals surface area contributed by atoms with Gasteiger partial charge in [0.25, 0.3) is 5.91 Å². The highest BCUT2D eigenvalue weighted by molar-refractivity contribution is 5.94. The highest BCUT2D eigenvalue weighted by Gasteiger charge is 2.31. The van der Waals surface area contributed by atoms with Gasteiger partial charge in [-0.3, -0.25) is 4.79 Å². The van der Waals surface area contributed by atoms with Gasteiger partial charge in [-0.2, -0.15) is 13.2 Å². The first-order chi connectivity index (χ1) is 8.90. The zero-order valence-corrected chi connectivity index (χ0v) is 10.4. The van der Waals surface area contributed by atoms with E-state index in [1.165, 1.54) is 13.1 Å². The van der Waals surface area contributed by atoms with Crippen molar-refractivity contribution in [2.24, 2.45) is 0 Å². The summed E-state index contributed by atoms with van der Waals surface area (Å²) in [5.74, 6) is 0.0575. The number of nitrogens with one attached hydrogen (secondary N) is 1. The molecule has 0 heterocycles. The number of rotatable bonds is 4. The van der Waals surface area contributed by atoms with Gasteiger partial charge in [0, 0.05) is 12.6 Å². The maximum Gasteiger partial charge on any atom is 0.422 e. The van der Waals surface area contributed by atoms with Gasteiger partial charge >= 0.3 is 6.18 Å². The molecule has 6 heteroatoms. The zero-order chi connectivity index (χ0) is 14.0. The third-order valence-electron chi connectivity index (χ3n) is 2.91. The largest absolute Gasteiger partial charge is 0.484 e. The SMILES string of the molecule is CNC(=O)c1ccc(C2CC2)c(OCC(F)(F)F)c1. The van der Waals surface area contributed by atoms with E-state index in [-0.39, 0.29) is 17.6 Å². The third-order valence-corrected chi connectivity index (χ3v) is 2.91. The number of carbonyl (C=O) groups is 1. The molecule has 0 aromatic heterocycles. The minimum Gasteiger partial charge on any atom is -0.484 e. The molecule has 3 nitrogen and oxygen atoms in total. The lowest BCUT2D eigenvalue weighted by molar-refractivity contribution is -0.153. The topological polar surface area (TPSA) is 38.3 Å². The van der Waals surface area contributed by atoms with Crippen LogP contribution in [0, 0.1) is 0 Å². The molecular formula is C13H14F3NO2. The summed E-state index contributed by atoms with van der Waals surface area (Å²) in [7, 11) is 1.47. The van der Waals surface area contributed by atoms with Crippen LogP contribution in [-0.4, -0.2) is 25.7 Å². The molecule has 0 atom stereocenters. The second-order valence-electron chi connectivity index (χ2n) is 4.51. The normalized spacial score (nSPS) is 15.2. The number of alkyl halides is 3. The minimum absolute atomic E-state index is 0.154. The van der Waals surface area contributed by atoms with Crippen molar-refractivity contribution in [3.8, 4) is 5.75 Å². The van der Waals surface area contributed by atoms with E-state index in [4.69, 9.17) is 4.74 Å². The first-order valence-electron chi connectivity index (χ1n) is 5.96. The molecule has 0 spiro atoms. The monoisotopic (exact) mass is 273 g/mol. The average molecular weight is 273 g/mol. The van der Waals surface area contributed by atoms with Crippen LogP contribution >= 0.6 is 0 Å². The lowest BCUT2D eigenvalue weighted by atomic mass is 10.1. The van der Waals surface area contributed by atoms with E-state index in [0.29, 0.717) is 5.56 Å². The van der Waals surface area contributed by atoms with Gasteiger partial charge in [0.2, 0.25) is 0 Å². The predicted molar refractivity (Wildman–Crippen MR) is 63.4 cm³/mol. The first-order valence-corrected chi connectivity index (χ1v) is 5.96. The number of ether oxygens (including phenoxy) is 1. The number of benzene rings is 1. The van der Waals surface area contributed by atoms with Gasteiger partial charge in [0.1, 0.15) is 5.75 Å². The maximum atomic E-state index is 12.2. The molecular weight excluding hydrogens is 259 g/mol. The van der Waals surface area contributed by atoms with Crippen molar-refractivity contribution in [1.82, 2.24) is 5.32 Å². The molecule has 1 aromatic rings.